The van der Waals surface area contributed by atoms with Gasteiger partial charge in [-0.15, -0.1) is 0 Å². The number of aliphatic imine (C=N–C) groups is 1. The molecule has 0 bridgehead atoms. The van der Waals surface area contributed by atoms with Crippen molar-refractivity contribution in [3.05, 3.63) is 64.4 Å². The molecule has 0 aromatic heterocycles. The van der Waals surface area contributed by atoms with Gasteiger partial charge in [0.15, 0.2) is 15.0 Å². The molecule has 2 aromatic rings. The highest BCUT2D eigenvalue weighted by Crippen LogP contribution is 2.38. The first-order valence-corrected chi connectivity index (χ1v) is 12.6. The van der Waals surface area contributed by atoms with Gasteiger partial charge in [-0.2, -0.15) is 0 Å². The van der Waals surface area contributed by atoms with Gasteiger partial charge in [0.1, 0.15) is 5.82 Å². The van der Waals surface area contributed by atoms with Crippen LogP contribution in [0, 0.1) is 5.82 Å². The van der Waals surface area contributed by atoms with Crippen LogP contribution in [-0.2, 0) is 16.4 Å². The first kappa shape index (κ1) is 20.7. The third-order valence-corrected chi connectivity index (χ3v) is 8.89. The van der Waals surface area contributed by atoms with Crippen LogP contribution in [-0.4, -0.2) is 36.4 Å². The lowest BCUT2D eigenvalue weighted by Crippen LogP contribution is -2.28. The van der Waals surface area contributed by atoms with E-state index in [-0.39, 0.29) is 35.2 Å². The lowest BCUT2D eigenvalue weighted by atomic mass is 10.0. The highest BCUT2D eigenvalue weighted by molar-refractivity contribution is 8.15. The zero-order valence-corrected chi connectivity index (χ0v) is 18.6. The Labute approximate surface area is 180 Å². The zero-order valence-electron chi connectivity index (χ0n) is 16.2. The van der Waals surface area contributed by atoms with Crippen molar-refractivity contribution in [2.45, 2.75) is 37.6 Å². The molecule has 4 rings (SSSR count). The number of nitrogens with zero attached hydrogens (tertiary/aromatic N) is 2. The highest BCUT2D eigenvalue weighted by atomic mass is 35.5. The van der Waals surface area contributed by atoms with Crippen LogP contribution in [0.1, 0.15) is 30.9 Å². The molecule has 4 nitrogen and oxygen atoms in total. The molecule has 8 heteroatoms. The largest absolute Gasteiger partial charge is 0.317 e. The molecule has 0 aliphatic carbocycles. The third kappa shape index (κ3) is 4.32. The van der Waals surface area contributed by atoms with Crippen molar-refractivity contribution >= 4 is 44.1 Å². The first-order chi connectivity index (χ1) is 13.7. The van der Waals surface area contributed by atoms with Gasteiger partial charge in [-0.1, -0.05) is 55.4 Å². The van der Waals surface area contributed by atoms with Gasteiger partial charge in [-0.3, -0.25) is 4.99 Å². The molecule has 0 amide bonds. The minimum Gasteiger partial charge on any atom is -0.317 e. The van der Waals surface area contributed by atoms with Gasteiger partial charge in [0.25, 0.3) is 0 Å². The molecule has 2 aliphatic heterocycles. The normalized spacial score (nSPS) is 22.6. The van der Waals surface area contributed by atoms with Crippen LogP contribution in [0.5, 0.6) is 0 Å². The molecule has 29 heavy (non-hydrogen) atoms. The van der Waals surface area contributed by atoms with Gasteiger partial charge >= 0.3 is 0 Å². The lowest BCUT2D eigenvalue weighted by Gasteiger charge is -2.26. The van der Waals surface area contributed by atoms with Crippen molar-refractivity contribution < 1.29 is 12.8 Å². The van der Waals surface area contributed by atoms with Crippen molar-refractivity contribution in [2.75, 3.05) is 16.4 Å². The molecular weight excluding hydrogens is 431 g/mol. The Hall–Kier alpha value is -1.57. The number of hydrogen-bond acceptors (Lipinski definition) is 5. The number of benzene rings is 2. The van der Waals surface area contributed by atoms with E-state index in [0.29, 0.717) is 21.7 Å². The van der Waals surface area contributed by atoms with Crippen molar-refractivity contribution in [1.29, 1.82) is 0 Å². The molecule has 2 aliphatic rings. The Bertz CT molecular complexity index is 1030. The number of amidine groups is 1. The monoisotopic (exact) mass is 452 g/mol. The van der Waals surface area contributed by atoms with Crippen LogP contribution in [0.4, 0.5) is 10.1 Å². The number of anilines is 1. The molecule has 1 saturated heterocycles. The smallest absolute Gasteiger partial charge is 0.164 e. The molecule has 2 heterocycles. The van der Waals surface area contributed by atoms with E-state index in [1.807, 2.05) is 17.0 Å². The molecule has 154 valence electrons. The fraction of sp³-hybridized carbons (Fsp3) is 0.381. The summed E-state index contributed by atoms with van der Waals surface area (Å²) in [7, 11) is -3.03. The van der Waals surface area contributed by atoms with E-state index in [1.54, 1.807) is 12.1 Å². The second-order valence-corrected chi connectivity index (χ2v) is 11.5. The Morgan fingerprint density at radius 3 is 2.55 bits per heavy atom. The van der Waals surface area contributed by atoms with Crippen LogP contribution < -0.4 is 4.90 Å². The van der Waals surface area contributed by atoms with E-state index >= 15 is 0 Å². The molecule has 2 atom stereocenters. The molecule has 0 spiro atoms. The molecule has 1 fully saturated rings. The minimum atomic E-state index is -3.03. The molecule has 0 saturated carbocycles. The van der Waals surface area contributed by atoms with Crippen LogP contribution in [0.25, 0.3) is 0 Å². The summed E-state index contributed by atoms with van der Waals surface area (Å²) in [5.74, 6) is 0.249. The predicted molar refractivity (Wildman–Crippen MR) is 119 cm³/mol. The fourth-order valence-corrected chi connectivity index (χ4v) is 7.62. The Morgan fingerprint density at radius 1 is 1.21 bits per heavy atom. The van der Waals surface area contributed by atoms with Crippen molar-refractivity contribution in [3.63, 3.8) is 0 Å². The summed E-state index contributed by atoms with van der Waals surface area (Å²) < 4.78 is 38.3. The summed E-state index contributed by atoms with van der Waals surface area (Å²) in [6.45, 7) is 4.49. The van der Waals surface area contributed by atoms with E-state index in [0.717, 1.165) is 5.69 Å². The standard InChI is InChI=1S/C21H22ClFN2O2S2/c1-13(2)14-6-8-15(9-7-14)25(10-16-17(22)4-3-5-18(16)23)21-24-19-11-29(26,27)12-20(19)28-21/h3-9,13,19-20H,10-12H2,1-2H3/t19-,20+/m1/s1. The zero-order chi connectivity index (χ0) is 20.8. The minimum absolute atomic E-state index is 0.0781. The summed E-state index contributed by atoms with van der Waals surface area (Å²) in [5, 5.41) is 0.996. The quantitative estimate of drug-likeness (QED) is 0.663. The third-order valence-electron chi connectivity index (χ3n) is 5.29. The van der Waals surface area contributed by atoms with Crippen LogP contribution in [0.2, 0.25) is 5.02 Å². The molecule has 0 radical (unpaired) electrons. The second-order valence-electron chi connectivity index (χ2n) is 7.74. The lowest BCUT2D eigenvalue weighted by molar-refractivity contribution is 0.601. The summed E-state index contributed by atoms with van der Waals surface area (Å²) in [6, 6.07) is 12.5. The Kier molecular flexibility index (Phi) is 5.66. The van der Waals surface area contributed by atoms with E-state index in [9.17, 15) is 12.8 Å². The van der Waals surface area contributed by atoms with Gasteiger partial charge in [0, 0.05) is 21.5 Å². The van der Waals surface area contributed by atoms with Gasteiger partial charge in [-0.05, 0) is 35.7 Å². The second kappa shape index (κ2) is 7.93. The van der Waals surface area contributed by atoms with Crippen LogP contribution >= 0.6 is 23.4 Å². The summed E-state index contributed by atoms with van der Waals surface area (Å²) in [6.07, 6.45) is 0. The summed E-state index contributed by atoms with van der Waals surface area (Å²) in [5.41, 5.74) is 2.49. The molecule has 0 unspecified atom stereocenters. The molecular formula is C21H22ClFN2O2S2. The first-order valence-electron chi connectivity index (χ1n) is 9.49. The van der Waals surface area contributed by atoms with Crippen LogP contribution in [0.3, 0.4) is 0 Å². The van der Waals surface area contributed by atoms with Crippen LogP contribution in [0.15, 0.2) is 47.5 Å². The highest BCUT2D eigenvalue weighted by Gasteiger charge is 2.44. The van der Waals surface area contributed by atoms with E-state index < -0.39 is 9.84 Å². The predicted octanol–water partition coefficient (Wildman–Crippen LogP) is 4.88. The fourth-order valence-electron chi connectivity index (χ4n) is 3.62. The summed E-state index contributed by atoms with van der Waals surface area (Å²) in [4.78, 5) is 6.63. The average molecular weight is 453 g/mol. The number of halogens is 2. The van der Waals surface area contributed by atoms with Gasteiger partial charge in [0.2, 0.25) is 0 Å². The Morgan fingerprint density at radius 2 is 1.93 bits per heavy atom. The average Bonchev–Trinajstić information content (AvgIpc) is 3.15. The molecule has 0 N–H and O–H groups in total. The maximum Gasteiger partial charge on any atom is 0.164 e. The van der Waals surface area contributed by atoms with Gasteiger partial charge < -0.3 is 4.90 Å². The van der Waals surface area contributed by atoms with E-state index in [2.05, 4.69) is 26.0 Å². The summed E-state index contributed by atoms with van der Waals surface area (Å²) >= 11 is 7.73. The SMILES string of the molecule is CC(C)c1ccc(N(Cc2c(F)cccc2Cl)C2=N[C@@H]3CS(=O)(=O)C[C@@H]3S2)cc1. The van der Waals surface area contributed by atoms with Crippen molar-refractivity contribution in [3.8, 4) is 0 Å². The van der Waals surface area contributed by atoms with Crippen molar-refractivity contribution in [2.24, 2.45) is 4.99 Å². The van der Waals surface area contributed by atoms with Gasteiger partial charge in [-0.25, -0.2) is 12.8 Å². The van der Waals surface area contributed by atoms with E-state index in [4.69, 9.17) is 16.6 Å². The van der Waals surface area contributed by atoms with Crippen molar-refractivity contribution in [1.82, 2.24) is 0 Å². The number of rotatable bonds is 4. The number of fused-ring (bicyclic) bond motifs is 1. The number of sulfone groups is 1. The number of hydrogen-bond donors (Lipinski definition) is 0. The maximum atomic E-state index is 14.5. The number of thioether (sulfide) groups is 1. The maximum absolute atomic E-state index is 14.5. The van der Waals surface area contributed by atoms with Gasteiger partial charge in [0.05, 0.1) is 24.1 Å². The molecule has 2 aromatic carbocycles. The van der Waals surface area contributed by atoms with E-state index in [1.165, 1.54) is 23.4 Å². The Balaban J connectivity index is 1.70. The topological polar surface area (TPSA) is 49.7 Å².